The topological polar surface area (TPSA) is 60.3 Å². The zero-order valence-electron chi connectivity index (χ0n) is 18.6. The molecule has 0 unspecified atom stereocenters. The highest BCUT2D eigenvalue weighted by Gasteiger charge is 2.15. The van der Waals surface area contributed by atoms with Crippen molar-refractivity contribution in [3.05, 3.63) is 106 Å². The third-order valence-electron chi connectivity index (χ3n) is 5.63. The maximum Gasteiger partial charge on any atom is 0.254 e. The van der Waals surface area contributed by atoms with E-state index in [1.165, 1.54) is 22.3 Å². The van der Waals surface area contributed by atoms with Gasteiger partial charge in [-0.1, -0.05) is 42.0 Å². The summed E-state index contributed by atoms with van der Waals surface area (Å²) in [5.41, 5.74) is 3.36. The predicted octanol–water partition coefficient (Wildman–Crippen LogP) is 4.88. The SMILES string of the molecule is COc1ccc2cc(CCc3ccc(C)cc3)c(=O)n(CC(=O)Nc3ccccc3F)c2c1. The van der Waals surface area contributed by atoms with Crippen LogP contribution in [0, 0.1) is 12.7 Å². The molecule has 4 rings (SSSR count). The summed E-state index contributed by atoms with van der Waals surface area (Å²) in [7, 11) is 1.55. The lowest BCUT2D eigenvalue weighted by Crippen LogP contribution is -2.30. The van der Waals surface area contributed by atoms with Gasteiger partial charge in [-0.25, -0.2) is 4.39 Å². The Balaban J connectivity index is 1.68. The molecule has 1 amide bonds. The molecule has 4 aromatic rings. The van der Waals surface area contributed by atoms with E-state index in [0.717, 1.165) is 10.9 Å². The van der Waals surface area contributed by atoms with Gasteiger partial charge < -0.3 is 10.1 Å². The minimum atomic E-state index is -0.531. The van der Waals surface area contributed by atoms with E-state index >= 15 is 0 Å². The number of benzene rings is 3. The normalized spacial score (nSPS) is 10.9. The Morgan fingerprint density at radius 1 is 1.00 bits per heavy atom. The Labute approximate surface area is 191 Å². The van der Waals surface area contributed by atoms with Crippen LogP contribution in [0.4, 0.5) is 10.1 Å². The van der Waals surface area contributed by atoms with Gasteiger partial charge in [-0.05, 0) is 61.0 Å². The molecule has 0 fully saturated rings. The van der Waals surface area contributed by atoms with E-state index in [9.17, 15) is 14.0 Å². The molecule has 0 aliphatic carbocycles. The Bertz CT molecular complexity index is 1360. The number of nitrogens with zero attached hydrogens (tertiary/aromatic N) is 1. The van der Waals surface area contributed by atoms with Crippen molar-refractivity contribution in [1.29, 1.82) is 0 Å². The van der Waals surface area contributed by atoms with Crippen LogP contribution in [0.5, 0.6) is 5.75 Å². The summed E-state index contributed by atoms with van der Waals surface area (Å²) in [6, 6.07) is 21.4. The minimum Gasteiger partial charge on any atom is -0.497 e. The van der Waals surface area contributed by atoms with E-state index in [4.69, 9.17) is 4.74 Å². The predicted molar refractivity (Wildman–Crippen MR) is 128 cm³/mol. The van der Waals surface area contributed by atoms with Gasteiger partial charge in [-0.3, -0.25) is 14.2 Å². The number of hydrogen-bond acceptors (Lipinski definition) is 3. The number of pyridine rings is 1. The summed E-state index contributed by atoms with van der Waals surface area (Å²) >= 11 is 0. The second-order valence-electron chi connectivity index (χ2n) is 8.00. The lowest BCUT2D eigenvalue weighted by atomic mass is 10.0. The highest BCUT2D eigenvalue weighted by molar-refractivity contribution is 5.92. The average molecular weight is 445 g/mol. The first kappa shape index (κ1) is 22.3. The van der Waals surface area contributed by atoms with Crippen LogP contribution < -0.4 is 15.6 Å². The van der Waals surface area contributed by atoms with Crippen molar-refractivity contribution in [3.63, 3.8) is 0 Å². The van der Waals surface area contributed by atoms with Crippen LogP contribution in [0.25, 0.3) is 10.9 Å². The van der Waals surface area contributed by atoms with Crippen molar-refractivity contribution in [2.24, 2.45) is 0 Å². The lowest BCUT2D eigenvalue weighted by molar-refractivity contribution is -0.116. The Morgan fingerprint density at radius 2 is 1.76 bits per heavy atom. The number of nitrogens with one attached hydrogen (secondary N) is 1. The Hall–Kier alpha value is -3.93. The summed E-state index contributed by atoms with van der Waals surface area (Å²) in [6.07, 6.45) is 1.25. The van der Waals surface area contributed by atoms with Crippen LogP contribution in [0.2, 0.25) is 0 Å². The van der Waals surface area contributed by atoms with Gasteiger partial charge in [0.25, 0.3) is 5.56 Å². The fourth-order valence-electron chi connectivity index (χ4n) is 3.80. The van der Waals surface area contributed by atoms with Crippen LogP contribution in [-0.4, -0.2) is 17.6 Å². The van der Waals surface area contributed by atoms with Gasteiger partial charge in [0.05, 0.1) is 18.3 Å². The zero-order chi connectivity index (χ0) is 23.4. The molecule has 168 valence electrons. The van der Waals surface area contributed by atoms with E-state index in [0.29, 0.717) is 29.7 Å². The molecule has 0 radical (unpaired) electrons. The lowest BCUT2D eigenvalue weighted by Gasteiger charge is -2.14. The van der Waals surface area contributed by atoms with Crippen LogP contribution in [-0.2, 0) is 24.2 Å². The van der Waals surface area contributed by atoms with Crippen LogP contribution in [0.3, 0.4) is 0 Å². The Kier molecular flexibility index (Phi) is 6.54. The number of methoxy groups -OCH3 is 1. The number of carbonyl (C=O) groups excluding carboxylic acids is 1. The van der Waals surface area contributed by atoms with Crippen LogP contribution in [0.15, 0.2) is 77.6 Å². The van der Waals surface area contributed by atoms with Gasteiger partial charge in [0.2, 0.25) is 5.91 Å². The third kappa shape index (κ3) is 5.12. The average Bonchev–Trinajstić information content (AvgIpc) is 2.82. The molecule has 0 aliphatic rings. The molecule has 0 spiro atoms. The molecule has 0 aliphatic heterocycles. The molecular formula is C27H25FN2O3. The molecule has 6 heteroatoms. The molecule has 33 heavy (non-hydrogen) atoms. The second kappa shape index (κ2) is 9.69. The standard InChI is InChI=1S/C27H25FN2O3/c1-18-7-9-19(10-8-18)11-12-21-15-20-13-14-22(33-2)16-25(20)30(27(21)32)17-26(31)29-24-6-4-3-5-23(24)28/h3-10,13-16H,11-12,17H2,1-2H3,(H,29,31). The van der Waals surface area contributed by atoms with Crippen molar-refractivity contribution >= 4 is 22.5 Å². The quantitative estimate of drug-likeness (QED) is 0.442. The molecule has 0 atom stereocenters. The fraction of sp³-hybridized carbons (Fsp3) is 0.185. The number of para-hydroxylation sites is 1. The molecular weight excluding hydrogens is 419 g/mol. The molecule has 0 saturated carbocycles. The van der Waals surface area contributed by atoms with Gasteiger partial charge >= 0.3 is 0 Å². The summed E-state index contributed by atoms with van der Waals surface area (Å²) in [5, 5.41) is 3.38. The number of anilines is 1. The number of hydrogen-bond donors (Lipinski definition) is 1. The number of rotatable bonds is 7. The van der Waals surface area contributed by atoms with E-state index in [-0.39, 0.29) is 17.8 Å². The van der Waals surface area contributed by atoms with Crippen molar-refractivity contribution < 1.29 is 13.9 Å². The number of aryl methyl sites for hydroxylation is 3. The van der Waals surface area contributed by atoms with Crippen LogP contribution >= 0.6 is 0 Å². The fourth-order valence-corrected chi connectivity index (χ4v) is 3.80. The van der Waals surface area contributed by atoms with Gasteiger partial charge in [0, 0.05) is 11.6 Å². The molecule has 3 aromatic carbocycles. The number of carbonyl (C=O) groups is 1. The molecule has 0 saturated heterocycles. The number of ether oxygens (including phenoxy) is 1. The third-order valence-corrected chi connectivity index (χ3v) is 5.63. The van der Waals surface area contributed by atoms with Crippen LogP contribution in [0.1, 0.15) is 16.7 Å². The van der Waals surface area contributed by atoms with E-state index in [1.54, 1.807) is 25.3 Å². The molecule has 1 N–H and O–H groups in total. The van der Waals surface area contributed by atoms with Crippen molar-refractivity contribution in [1.82, 2.24) is 4.57 Å². The van der Waals surface area contributed by atoms with Crippen molar-refractivity contribution in [2.45, 2.75) is 26.3 Å². The van der Waals surface area contributed by atoms with Gasteiger partial charge in [-0.2, -0.15) is 0 Å². The largest absolute Gasteiger partial charge is 0.497 e. The number of aromatic nitrogens is 1. The highest BCUT2D eigenvalue weighted by atomic mass is 19.1. The number of amides is 1. The first-order valence-electron chi connectivity index (χ1n) is 10.7. The first-order chi connectivity index (χ1) is 15.9. The summed E-state index contributed by atoms with van der Waals surface area (Å²) in [4.78, 5) is 26.1. The maximum atomic E-state index is 14.0. The van der Waals surface area contributed by atoms with Crippen molar-refractivity contribution in [2.75, 3.05) is 12.4 Å². The van der Waals surface area contributed by atoms with Gasteiger partial charge in [0.15, 0.2) is 0 Å². The summed E-state index contributed by atoms with van der Waals surface area (Å²) in [6.45, 7) is 1.79. The number of fused-ring (bicyclic) bond motifs is 1. The Morgan fingerprint density at radius 3 is 2.48 bits per heavy atom. The summed E-state index contributed by atoms with van der Waals surface area (Å²) in [5.74, 6) is -0.434. The van der Waals surface area contributed by atoms with E-state index in [1.807, 2.05) is 37.3 Å². The summed E-state index contributed by atoms with van der Waals surface area (Å²) < 4.78 is 20.7. The molecule has 1 heterocycles. The van der Waals surface area contributed by atoms with Gasteiger partial charge in [0.1, 0.15) is 18.1 Å². The van der Waals surface area contributed by atoms with E-state index in [2.05, 4.69) is 17.4 Å². The first-order valence-corrected chi connectivity index (χ1v) is 10.7. The highest BCUT2D eigenvalue weighted by Crippen LogP contribution is 2.22. The smallest absolute Gasteiger partial charge is 0.254 e. The molecule has 0 bridgehead atoms. The molecule has 1 aromatic heterocycles. The molecule has 5 nitrogen and oxygen atoms in total. The monoisotopic (exact) mass is 444 g/mol. The zero-order valence-corrected chi connectivity index (χ0v) is 18.6. The number of halogens is 1. The minimum absolute atomic E-state index is 0.0768. The van der Waals surface area contributed by atoms with Gasteiger partial charge in [-0.15, -0.1) is 0 Å². The maximum absolute atomic E-state index is 14.0. The van der Waals surface area contributed by atoms with E-state index < -0.39 is 11.7 Å². The second-order valence-corrected chi connectivity index (χ2v) is 8.00. The van der Waals surface area contributed by atoms with Crippen molar-refractivity contribution in [3.8, 4) is 5.75 Å².